The zero-order chi connectivity index (χ0) is 24.5. The van der Waals surface area contributed by atoms with Gasteiger partial charge in [0.25, 0.3) is 5.91 Å². The molecule has 12 nitrogen and oxygen atoms in total. The van der Waals surface area contributed by atoms with Crippen molar-refractivity contribution >= 4 is 42.0 Å². The fraction of sp³-hybridized carbons (Fsp3) is 0.444. The number of nitrogens with zero attached hydrogens (tertiary/aromatic N) is 1. The van der Waals surface area contributed by atoms with Crippen LogP contribution in [-0.2, 0) is 14.4 Å². The number of carboxylic acid groups (broad SMARTS) is 3. The van der Waals surface area contributed by atoms with Crippen molar-refractivity contribution in [1.82, 2.24) is 20.9 Å². The number of carbonyl (C=O) groups is 5. The Morgan fingerprint density at radius 2 is 1.78 bits per heavy atom. The smallest absolute Gasteiger partial charge is 0.326 e. The van der Waals surface area contributed by atoms with Crippen molar-refractivity contribution in [3.63, 3.8) is 0 Å². The van der Waals surface area contributed by atoms with Crippen molar-refractivity contribution in [1.29, 1.82) is 0 Å². The van der Waals surface area contributed by atoms with E-state index in [1.54, 1.807) is 6.07 Å². The molecule has 0 radical (unpaired) electrons. The third-order valence-corrected chi connectivity index (χ3v) is 3.94. The maximum Gasteiger partial charge on any atom is 0.326 e. The Balaban J connectivity index is 0.000000604. The summed E-state index contributed by atoms with van der Waals surface area (Å²) in [7, 11) is 0. The van der Waals surface area contributed by atoms with Crippen molar-refractivity contribution in [2.24, 2.45) is 0 Å². The summed E-state index contributed by atoms with van der Waals surface area (Å²) in [6.07, 6.45) is 2.66. The van der Waals surface area contributed by atoms with Crippen LogP contribution in [-0.4, -0.2) is 69.3 Å². The SMILES string of the molecule is CCCCNC(=O)c1ccc(SF)nc1.O=C(O)CC[C@H](NC(=O)NCC(=O)O)C(=O)O. The Morgan fingerprint density at radius 1 is 1.09 bits per heavy atom. The number of aromatic nitrogens is 1. The second-order valence-corrected chi connectivity index (χ2v) is 6.69. The highest BCUT2D eigenvalue weighted by Gasteiger charge is 2.20. The van der Waals surface area contributed by atoms with E-state index in [1.807, 2.05) is 10.6 Å². The van der Waals surface area contributed by atoms with Gasteiger partial charge in [-0.1, -0.05) is 13.3 Å². The topological polar surface area (TPSA) is 195 Å². The molecule has 14 heteroatoms. The summed E-state index contributed by atoms with van der Waals surface area (Å²) in [6, 6.07) is 0.695. The molecular formula is C18H25FN4O8S. The van der Waals surface area contributed by atoms with Crippen LogP contribution >= 0.6 is 12.1 Å². The van der Waals surface area contributed by atoms with E-state index in [2.05, 4.69) is 17.2 Å². The molecule has 0 aliphatic carbocycles. The lowest BCUT2D eigenvalue weighted by Crippen LogP contribution is -2.47. The second-order valence-electron chi connectivity index (χ2n) is 6.12. The quantitative estimate of drug-likeness (QED) is 0.239. The zero-order valence-electron chi connectivity index (χ0n) is 17.2. The predicted molar refractivity (Wildman–Crippen MR) is 111 cm³/mol. The molecule has 178 valence electrons. The average molecular weight is 476 g/mol. The lowest BCUT2D eigenvalue weighted by atomic mass is 10.1. The Hall–Kier alpha value is -3.42. The minimum absolute atomic E-state index is 0.0679. The molecule has 1 heterocycles. The van der Waals surface area contributed by atoms with Gasteiger partial charge in [-0.3, -0.25) is 14.4 Å². The molecule has 0 spiro atoms. The Labute approximate surface area is 187 Å². The summed E-state index contributed by atoms with van der Waals surface area (Å²) in [5, 5.41) is 32.1. The highest BCUT2D eigenvalue weighted by molar-refractivity contribution is 7.94. The molecule has 0 saturated carbocycles. The van der Waals surface area contributed by atoms with E-state index in [-0.39, 0.29) is 29.5 Å². The van der Waals surface area contributed by atoms with Crippen LogP contribution in [0.15, 0.2) is 23.4 Å². The number of carbonyl (C=O) groups excluding carboxylic acids is 2. The maximum absolute atomic E-state index is 12.1. The minimum atomic E-state index is -1.39. The van der Waals surface area contributed by atoms with Gasteiger partial charge < -0.3 is 31.3 Å². The number of pyridine rings is 1. The van der Waals surface area contributed by atoms with Crippen molar-refractivity contribution < 1.29 is 43.2 Å². The first-order chi connectivity index (χ1) is 15.1. The first kappa shape index (κ1) is 28.6. The monoisotopic (exact) mass is 476 g/mol. The van der Waals surface area contributed by atoms with E-state index < -0.39 is 42.9 Å². The highest BCUT2D eigenvalue weighted by atomic mass is 32.2. The third kappa shape index (κ3) is 13.7. The van der Waals surface area contributed by atoms with Crippen LogP contribution in [0.25, 0.3) is 0 Å². The van der Waals surface area contributed by atoms with Gasteiger partial charge in [-0.2, -0.15) is 3.89 Å². The summed E-state index contributed by atoms with van der Waals surface area (Å²) in [6.45, 7) is 2.06. The molecule has 0 saturated heterocycles. The van der Waals surface area contributed by atoms with Crippen LogP contribution in [0, 0.1) is 0 Å². The number of carboxylic acids is 3. The third-order valence-electron chi connectivity index (χ3n) is 3.54. The molecule has 1 rings (SSSR count). The van der Waals surface area contributed by atoms with Crippen LogP contribution < -0.4 is 16.0 Å². The highest BCUT2D eigenvalue weighted by Crippen LogP contribution is 2.15. The number of aliphatic carboxylic acids is 3. The molecular weight excluding hydrogens is 451 g/mol. The predicted octanol–water partition coefficient (Wildman–Crippen LogP) is 1.28. The van der Waals surface area contributed by atoms with E-state index in [1.165, 1.54) is 12.3 Å². The van der Waals surface area contributed by atoms with Gasteiger partial charge >= 0.3 is 23.9 Å². The van der Waals surface area contributed by atoms with Gasteiger partial charge in [-0.25, -0.2) is 14.6 Å². The van der Waals surface area contributed by atoms with Gasteiger partial charge in [0.15, 0.2) is 0 Å². The lowest BCUT2D eigenvalue weighted by molar-refractivity contribution is -0.140. The van der Waals surface area contributed by atoms with Gasteiger partial charge in [0.1, 0.15) is 29.8 Å². The van der Waals surface area contributed by atoms with Gasteiger partial charge in [-0.15, -0.1) is 0 Å². The molecule has 3 amide bonds. The molecule has 1 aromatic heterocycles. The molecule has 0 aliphatic heterocycles. The number of hydrogen-bond acceptors (Lipinski definition) is 7. The number of urea groups is 1. The normalized spacial score (nSPS) is 10.7. The van der Waals surface area contributed by atoms with Crippen LogP contribution in [0.3, 0.4) is 0 Å². The number of amides is 3. The number of hydrogen-bond donors (Lipinski definition) is 6. The summed E-state index contributed by atoms with van der Waals surface area (Å²) in [5.74, 6) is -4.02. The van der Waals surface area contributed by atoms with E-state index in [0.717, 1.165) is 12.8 Å². The standard InChI is InChI=1S/C10H13FN2OS.C8H12N2O7/c1-2-3-6-12-10(14)8-4-5-9(15-11)13-7-8;11-5(12)2-1-4(7(15)16)10-8(17)9-3-6(13)14/h4-5,7H,2-3,6H2,1H3,(H,12,14);4H,1-3H2,(H,11,12)(H,13,14)(H,15,16)(H2,9,10,17)/t;4-/m.0/s1. The van der Waals surface area contributed by atoms with E-state index in [0.29, 0.717) is 12.1 Å². The maximum atomic E-state index is 12.1. The Morgan fingerprint density at radius 3 is 2.25 bits per heavy atom. The first-order valence-corrected chi connectivity index (χ1v) is 10.1. The van der Waals surface area contributed by atoms with Crippen molar-refractivity contribution in [2.45, 2.75) is 43.7 Å². The molecule has 1 aromatic rings. The number of rotatable bonds is 12. The van der Waals surface area contributed by atoms with E-state index >= 15 is 0 Å². The summed E-state index contributed by atoms with van der Waals surface area (Å²) < 4.78 is 12.1. The first-order valence-electron chi connectivity index (χ1n) is 9.34. The van der Waals surface area contributed by atoms with Crippen LogP contribution in [0.5, 0.6) is 0 Å². The zero-order valence-corrected chi connectivity index (χ0v) is 18.0. The molecule has 0 bridgehead atoms. The number of nitrogens with one attached hydrogen (secondary N) is 3. The molecule has 32 heavy (non-hydrogen) atoms. The molecule has 1 atom stereocenters. The minimum Gasteiger partial charge on any atom is -0.481 e. The van der Waals surface area contributed by atoms with E-state index in [9.17, 15) is 27.9 Å². The molecule has 6 N–H and O–H groups in total. The Bertz CT molecular complexity index is 779. The summed E-state index contributed by atoms with van der Waals surface area (Å²) in [4.78, 5) is 57.2. The molecule has 0 unspecified atom stereocenters. The number of unbranched alkanes of at least 4 members (excludes halogenated alkanes) is 1. The van der Waals surface area contributed by atoms with Crippen LogP contribution in [0.1, 0.15) is 43.0 Å². The fourth-order valence-corrected chi connectivity index (χ4v) is 2.14. The summed E-state index contributed by atoms with van der Waals surface area (Å²) >= 11 is 0.0679. The van der Waals surface area contributed by atoms with Crippen LogP contribution in [0.2, 0.25) is 0 Å². The van der Waals surface area contributed by atoms with Gasteiger partial charge in [0, 0.05) is 19.2 Å². The molecule has 0 aromatic carbocycles. The van der Waals surface area contributed by atoms with Gasteiger partial charge in [-0.05, 0) is 25.0 Å². The number of halogens is 1. The van der Waals surface area contributed by atoms with Crippen LogP contribution in [0.4, 0.5) is 8.68 Å². The fourth-order valence-electron chi connectivity index (χ4n) is 1.93. The molecule has 0 aliphatic rings. The second kappa shape index (κ2) is 16.3. The largest absolute Gasteiger partial charge is 0.481 e. The van der Waals surface area contributed by atoms with Crippen molar-refractivity contribution in [3.05, 3.63) is 23.9 Å². The van der Waals surface area contributed by atoms with Gasteiger partial charge in [0.05, 0.1) is 5.56 Å². The Kier molecular flexibility index (Phi) is 14.6. The lowest BCUT2D eigenvalue weighted by Gasteiger charge is -2.13. The average Bonchev–Trinajstić information content (AvgIpc) is 2.75. The van der Waals surface area contributed by atoms with E-state index in [4.69, 9.17) is 15.3 Å². The van der Waals surface area contributed by atoms with Crippen molar-refractivity contribution in [2.75, 3.05) is 13.1 Å². The van der Waals surface area contributed by atoms with Gasteiger partial charge in [0.2, 0.25) is 0 Å². The summed E-state index contributed by atoms with van der Waals surface area (Å²) in [5.41, 5.74) is 0.462. The molecule has 0 fully saturated rings. The van der Waals surface area contributed by atoms with Crippen molar-refractivity contribution in [3.8, 4) is 0 Å².